The number of hydrogen-bond acceptors (Lipinski definition) is 2. The van der Waals surface area contributed by atoms with Crippen molar-refractivity contribution in [3.05, 3.63) is 182 Å². The summed E-state index contributed by atoms with van der Waals surface area (Å²) in [6, 6.07) is 32.1. The number of para-hydroxylation sites is 4. The molecule has 10 rings (SSSR count). The monoisotopic (exact) mass is 637 g/mol. The summed E-state index contributed by atoms with van der Waals surface area (Å²) in [4.78, 5) is 1.65. The highest BCUT2D eigenvalue weighted by Crippen LogP contribution is 2.41. The van der Waals surface area contributed by atoms with E-state index in [-0.39, 0.29) is 81.4 Å². The smallest absolute Gasteiger partial charge is 0.136 e. The Morgan fingerprint density at radius 2 is 1.24 bits per heavy atom. The zero-order chi connectivity index (χ0) is 41.9. The Hall–Kier alpha value is -6.58. The van der Waals surface area contributed by atoms with Crippen LogP contribution in [-0.4, -0.2) is 4.57 Å². The Bertz CT molecular complexity index is 3420. The third kappa shape index (κ3) is 4.44. The predicted molar refractivity (Wildman–Crippen MR) is 206 cm³/mol. The first kappa shape index (κ1) is 18.7. The lowest BCUT2D eigenvalue weighted by molar-refractivity contribution is 0.669. The summed E-state index contributed by atoms with van der Waals surface area (Å²) >= 11 is 0. The van der Waals surface area contributed by atoms with Gasteiger partial charge >= 0.3 is 0 Å². The summed E-state index contributed by atoms with van der Waals surface area (Å²) in [5, 5.41) is 3.04. The second-order valence-corrected chi connectivity index (χ2v) is 11.7. The van der Waals surface area contributed by atoms with Crippen molar-refractivity contribution in [3.63, 3.8) is 0 Å². The minimum absolute atomic E-state index is 0.000433. The van der Waals surface area contributed by atoms with Crippen molar-refractivity contribution < 1.29 is 19.5 Å². The van der Waals surface area contributed by atoms with Crippen LogP contribution in [-0.2, 0) is 0 Å². The number of fused-ring (bicyclic) bond motifs is 8. The fourth-order valence-corrected chi connectivity index (χ4v) is 6.79. The maximum atomic E-state index is 9.50. The molecule has 0 spiro atoms. The molecule has 0 unspecified atom stereocenters. The van der Waals surface area contributed by atoms with Crippen molar-refractivity contribution in [1.82, 2.24) is 4.57 Å². The van der Waals surface area contributed by atoms with Crippen LogP contribution in [0.5, 0.6) is 0 Å². The van der Waals surface area contributed by atoms with Gasteiger partial charge in [-0.15, -0.1) is 0 Å². The number of hydrogen-bond donors (Lipinski definition) is 0. The molecule has 0 saturated heterocycles. The van der Waals surface area contributed by atoms with Crippen molar-refractivity contribution in [1.29, 1.82) is 0 Å². The van der Waals surface area contributed by atoms with E-state index in [9.17, 15) is 1.37 Å². The summed E-state index contributed by atoms with van der Waals surface area (Å²) < 4.78 is 104. The lowest BCUT2D eigenvalue weighted by atomic mass is 9.98. The van der Waals surface area contributed by atoms with E-state index in [0.717, 1.165) is 27.5 Å². The number of anilines is 3. The molecule has 0 bridgehead atoms. The summed E-state index contributed by atoms with van der Waals surface area (Å²) in [6.07, 6.45) is 0. The number of nitrogens with zero attached hydrogens (tertiary/aromatic N) is 2. The van der Waals surface area contributed by atoms with Crippen LogP contribution in [0.1, 0.15) is 15.1 Å². The topological polar surface area (TPSA) is 21.3 Å². The van der Waals surface area contributed by atoms with Crippen LogP contribution in [0.15, 0.2) is 186 Å². The summed E-state index contributed by atoms with van der Waals surface area (Å²) in [5.74, 6) is 0. The van der Waals surface area contributed by atoms with Crippen LogP contribution >= 0.6 is 0 Å². The molecule has 0 N–H and O–H groups in total. The normalized spacial score (nSPS) is 14.8. The summed E-state index contributed by atoms with van der Waals surface area (Å²) in [7, 11) is 0. The van der Waals surface area contributed by atoms with Gasteiger partial charge in [0, 0.05) is 44.3 Å². The van der Waals surface area contributed by atoms with Crippen molar-refractivity contribution in [2.75, 3.05) is 4.90 Å². The molecule has 3 nitrogen and oxygen atoms in total. The fraction of sp³-hybridized carbons (Fsp3) is 0. The standard InChI is InChI=1S/C46H30N2O/c1-3-11-34(12-4-1)47(37-26-27-39-38-15-7-9-17-42(38)48(43(39)30-37)35-13-5-2-6-14-35)36-24-21-31(22-25-36)33-20-19-32-23-28-45-46(41(32)29-33)40-16-8-10-18-44(40)49-45/h1-30H/i1D,3D,4D,8D,10D,11D,12D,16D,23D,28D,29D. The molecular formula is C46H30N2O. The van der Waals surface area contributed by atoms with Gasteiger partial charge in [-0.1, -0.05) is 109 Å². The largest absolute Gasteiger partial charge is 0.456 e. The first-order valence-corrected chi connectivity index (χ1v) is 15.8. The quantitative estimate of drug-likeness (QED) is 0.187. The molecule has 10 aromatic rings. The third-order valence-electron chi connectivity index (χ3n) is 8.98. The minimum atomic E-state index is -0.507. The molecule has 0 atom stereocenters. The molecule has 3 heteroatoms. The Labute approximate surface area is 298 Å². The van der Waals surface area contributed by atoms with Gasteiger partial charge in [0.25, 0.3) is 0 Å². The Kier molecular flexibility index (Phi) is 4.19. The van der Waals surface area contributed by atoms with Crippen LogP contribution < -0.4 is 4.90 Å². The van der Waals surface area contributed by atoms with Gasteiger partial charge < -0.3 is 13.9 Å². The first-order valence-electron chi connectivity index (χ1n) is 21.3. The number of rotatable bonds is 5. The van der Waals surface area contributed by atoms with Crippen LogP contribution in [0, 0.1) is 0 Å². The minimum Gasteiger partial charge on any atom is -0.456 e. The van der Waals surface area contributed by atoms with Crippen LogP contribution in [0.2, 0.25) is 0 Å². The molecule has 2 heterocycles. The molecule has 0 aliphatic heterocycles. The molecule has 0 saturated carbocycles. The molecule has 0 radical (unpaired) electrons. The number of furan rings is 1. The third-order valence-corrected chi connectivity index (χ3v) is 8.98. The molecule has 0 aliphatic rings. The molecule has 8 aromatic carbocycles. The van der Waals surface area contributed by atoms with E-state index in [2.05, 4.69) is 10.6 Å². The maximum Gasteiger partial charge on any atom is 0.136 e. The zero-order valence-corrected chi connectivity index (χ0v) is 25.8. The average Bonchev–Trinajstić information content (AvgIpc) is 3.81. The Balaban J connectivity index is 1.19. The highest BCUT2D eigenvalue weighted by atomic mass is 16.3. The lowest BCUT2D eigenvalue weighted by Gasteiger charge is -2.26. The van der Waals surface area contributed by atoms with E-state index in [0.29, 0.717) is 27.9 Å². The lowest BCUT2D eigenvalue weighted by Crippen LogP contribution is -2.10. The number of aromatic nitrogens is 1. The fourth-order valence-electron chi connectivity index (χ4n) is 6.79. The molecule has 2 aromatic heterocycles. The predicted octanol–water partition coefficient (Wildman–Crippen LogP) is 13.0. The number of benzene rings is 8. The molecule has 230 valence electrons. The van der Waals surface area contributed by atoms with E-state index in [1.807, 2.05) is 66.7 Å². The van der Waals surface area contributed by atoms with E-state index in [1.165, 1.54) is 6.07 Å². The van der Waals surface area contributed by atoms with Gasteiger partial charge in [-0.3, -0.25) is 0 Å². The van der Waals surface area contributed by atoms with Gasteiger partial charge in [0.15, 0.2) is 0 Å². The van der Waals surface area contributed by atoms with Crippen molar-refractivity contribution in [3.8, 4) is 16.8 Å². The summed E-state index contributed by atoms with van der Waals surface area (Å²) in [5.41, 5.74) is 4.91. The average molecular weight is 638 g/mol. The van der Waals surface area contributed by atoms with E-state index < -0.39 is 18.1 Å². The Morgan fingerprint density at radius 3 is 2.12 bits per heavy atom. The van der Waals surface area contributed by atoms with Gasteiger partial charge in [-0.05, 0) is 94.6 Å². The highest BCUT2D eigenvalue weighted by molar-refractivity contribution is 6.19. The van der Waals surface area contributed by atoms with Crippen LogP contribution in [0.25, 0.3) is 71.3 Å². The van der Waals surface area contributed by atoms with Gasteiger partial charge in [0.2, 0.25) is 0 Å². The van der Waals surface area contributed by atoms with Gasteiger partial charge in [0.05, 0.1) is 26.1 Å². The van der Waals surface area contributed by atoms with Crippen LogP contribution in [0.3, 0.4) is 0 Å². The first-order chi connectivity index (χ1) is 28.9. The van der Waals surface area contributed by atoms with E-state index >= 15 is 0 Å². The maximum absolute atomic E-state index is 9.50. The van der Waals surface area contributed by atoms with E-state index in [1.54, 1.807) is 41.3 Å². The van der Waals surface area contributed by atoms with Gasteiger partial charge in [0.1, 0.15) is 11.2 Å². The van der Waals surface area contributed by atoms with Crippen molar-refractivity contribution in [2.24, 2.45) is 0 Å². The molecule has 0 aliphatic carbocycles. The molecule has 49 heavy (non-hydrogen) atoms. The van der Waals surface area contributed by atoms with Crippen molar-refractivity contribution in [2.45, 2.75) is 0 Å². The second-order valence-electron chi connectivity index (χ2n) is 11.7. The summed E-state index contributed by atoms with van der Waals surface area (Å²) in [6.45, 7) is 0. The molecular weight excluding hydrogens is 597 g/mol. The second kappa shape index (κ2) is 11.0. The van der Waals surface area contributed by atoms with E-state index in [4.69, 9.17) is 18.1 Å². The highest BCUT2D eigenvalue weighted by Gasteiger charge is 2.18. The van der Waals surface area contributed by atoms with Gasteiger partial charge in [-0.25, -0.2) is 0 Å². The zero-order valence-electron chi connectivity index (χ0n) is 36.8. The van der Waals surface area contributed by atoms with Gasteiger partial charge in [-0.2, -0.15) is 0 Å². The Morgan fingerprint density at radius 1 is 0.490 bits per heavy atom. The van der Waals surface area contributed by atoms with Crippen molar-refractivity contribution >= 4 is 71.6 Å². The molecule has 0 fully saturated rings. The molecule has 0 amide bonds. The SMILES string of the molecule is [2H]c1cc2oc3c([2H])c([2H])c4ccc(-c5ccc(N(c6ccc7c8ccccc8n(-c8ccccc8)c7c6)c6c([2H])c([2H])c([2H])c([2H])c6[2H])cc5)c([2H])c4c3c2c([2H])c1[2H]. The van der Waals surface area contributed by atoms with Crippen LogP contribution in [0.4, 0.5) is 17.1 Å².